The number of hydrogen-bond donors (Lipinski definition) is 2. The zero-order valence-corrected chi connectivity index (χ0v) is 11.7. The minimum Gasteiger partial charge on any atom is -0.378 e. The molecule has 1 fully saturated rings. The number of rotatable bonds is 4. The Morgan fingerprint density at radius 2 is 2.05 bits per heavy atom. The molecule has 3 heterocycles. The van der Waals surface area contributed by atoms with E-state index in [1.807, 2.05) is 12.3 Å². The van der Waals surface area contributed by atoms with E-state index in [2.05, 4.69) is 49.5 Å². The molecule has 0 spiro atoms. The van der Waals surface area contributed by atoms with E-state index >= 15 is 0 Å². The third kappa shape index (κ3) is 3.08. The number of nitrogens with zero attached hydrogens (tertiary/aromatic N) is 4. The van der Waals surface area contributed by atoms with Crippen molar-refractivity contribution in [3.8, 4) is 0 Å². The van der Waals surface area contributed by atoms with Crippen LogP contribution in [0.2, 0.25) is 0 Å². The maximum atomic E-state index is 4.55. The Kier molecular flexibility index (Phi) is 3.83. The number of aromatic nitrogens is 3. The first kappa shape index (κ1) is 12.9. The van der Waals surface area contributed by atoms with Crippen molar-refractivity contribution in [1.82, 2.24) is 20.1 Å². The molecule has 0 aliphatic carbocycles. The molecule has 20 heavy (non-hydrogen) atoms. The number of pyridine rings is 1. The first-order chi connectivity index (χ1) is 9.81. The Hall–Kier alpha value is -2.08. The van der Waals surface area contributed by atoms with Crippen molar-refractivity contribution in [3.05, 3.63) is 36.3 Å². The fourth-order valence-corrected chi connectivity index (χ4v) is 2.29. The fourth-order valence-electron chi connectivity index (χ4n) is 2.29. The van der Waals surface area contributed by atoms with E-state index in [4.69, 9.17) is 0 Å². The third-order valence-electron chi connectivity index (χ3n) is 3.62. The van der Waals surface area contributed by atoms with Gasteiger partial charge in [-0.1, -0.05) is 0 Å². The van der Waals surface area contributed by atoms with Gasteiger partial charge in [0.1, 0.15) is 5.82 Å². The lowest BCUT2D eigenvalue weighted by Crippen LogP contribution is -2.44. The number of nitrogens with one attached hydrogen (secondary N) is 2. The minimum absolute atomic E-state index is 0.732. The van der Waals surface area contributed by atoms with E-state index in [1.54, 1.807) is 6.20 Å². The monoisotopic (exact) mass is 272 g/mol. The van der Waals surface area contributed by atoms with Crippen molar-refractivity contribution in [1.29, 1.82) is 0 Å². The summed E-state index contributed by atoms with van der Waals surface area (Å²) < 4.78 is 0. The maximum Gasteiger partial charge on any atom is 0.128 e. The summed E-state index contributed by atoms with van der Waals surface area (Å²) in [6.07, 6.45) is 3.65. The molecule has 0 bridgehead atoms. The highest BCUT2D eigenvalue weighted by molar-refractivity contribution is 5.49. The number of piperazine rings is 1. The van der Waals surface area contributed by atoms with Gasteiger partial charge in [0.05, 0.1) is 24.1 Å². The Morgan fingerprint density at radius 1 is 1.20 bits per heavy atom. The van der Waals surface area contributed by atoms with E-state index in [0.717, 1.165) is 49.9 Å². The van der Waals surface area contributed by atoms with Gasteiger partial charge in [-0.3, -0.25) is 5.10 Å². The highest BCUT2D eigenvalue weighted by atomic mass is 15.3. The largest absolute Gasteiger partial charge is 0.378 e. The van der Waals surface area contributed by atoms with Crippen LogP contribution in [-0.2, 0) is 6.54 Å². The molecule has 3 rings (SSSR count). The molecule has 2 N–H and O–H groups in total. The normalized spacial score (nSPS) is 16.4. The predicted octanol–water partition coefficient (Wildman–Crippen LogP) is 1.17. The van der Waals surface area contributed by atoms with E-state index in [0.29, 0.717) is 0 Å². The molecule has 0 atom stereocenters. The number of H-pyrrole nitrogens is 1. The van der Waals surface area contributed by atoms with Gasteiger partial charge in [0.15, 0.2) is 0 Å². The molecule has 0 aromatic carbocycles. The van der Waals surface area contributed by atoms with Crippen LogP contribution in [0, 0.1) is 0 Å². The molecule has 1 aliphatic heterocycles. The molecule has 106 valence electrons. The predicted molar refractivity (Wildman–Crippen MR) is 79.9 cm³/mol. The van der Waals surface area contributed by atoms with E-state index in [1.165, 1.54) is 0 Å². The summed E-state index contributed by atoms with van der Waals surface area (Å²) in [7, 11) is 2.16. The Balaban J connectivity index is 1.57. The van der Waals surface area contributed by atoms with Crippen molar-refractivity contribution in [2.75, 3.05) is 43.4 Å². The van der Waals surface area contributed by atoms with Gasteiger partial charge in [-0.2, -0.15) is 5.10 Å². The molecule has 0 amide bonds. The minimum atomic E-state index is 0.732. The Morgan fingerprint density at radius 3 is 2.70 bits per heavy atom. The molecule has 2 aromatic rings. The van der Waals surface area contributed by atoms with Crippen LogP contribution >= 0.6 is 0 Å². The molecular weight excluding hydrogens is 252 g/mol. The molecule has 1 saturated heterocycles. The highest BCUT2D eigenvalue weighted by Gasteiger charge is 2.14. The second kappa shape index (κ2) is 5.92. The van der Waals surface area contributed by atoms with Crippen LogP contribution in [0.1, 0.15) is 5.69 Å². The van der Waals surface area contributed by atoms with Crippen molar-refractivity contribution in [2.24, 2.45) is 0 Å². The lowest BCUT2D eigenvalue weighted by molar-refractivity contribution is 0.312. The van der Waals surface area contributed by atoms with Crippen molar-refractivity contribution in [2.45, 2.75) is 6.54 Å². The molecule has 2 aromatic heterocycles. The second-order valence-corrected chi connectivity index (χ2v) is 5.13. The summed E-state index contributed by atoms with van der Waals surface area (Å²) in [5.41, 5.74) is 2.09. The van der Waals surface area contributed by atoms with Gasteiger partial charge in [-0.25, -0.2) is 4.98 Å². The molecule has 6 nitrogen and oxygen atoms in total. The first-order valence-corrected chi connectivity index (χ1v) is 6.93. The van der Waals surface area contributed by atoms with E-state index in [9.17, 15) is 0 Å². The summed E-state index contributed by atoms with van der Waals surface area (Å²) in [6, 6.07) is 6.12. The molecule has 0 saturated carbocycles. The second-order valence-electron chi connectivity index (χ2n) is 5.13. The van der Waals surface area contributed by atoms with E-state index in [-0.39, 0.29) is 0 Å². The average molecular weight is 272 g/mol. The van der Waals surface area contributed by atoms with Crippen molar-refractivity contribution < 1.29 is 0 Å². The average Bonchev–Trinajstić information content (AvgIpc) is 3.00. The summed E-state index contributed by atoms with van der Waals surface area (Å²) in [5.74, 6) is 1.06. The quantitative estimate of drug-likeness (QED) is 0.875. The lowest BCUT2D eigenvalue weighted by atomic mass is 10.3. The summed E-state index contributed by atoms with van der Waals surface area (Å²) in [4.78, 5) is 9.22. The molecule has 0 radical (unpaired) electrons. The first-order valence-electron chi connectivity index (χ1n) is 6.93. The van der Waals surface area contributed by atoms with E-state index < -0.39 is 0 Å². The van der Waals surface area contributed by atoms with Crippen LogP contribution in [0.5, 0.6) is 0 Å². The van der Waals surface area contributed by atoms with Crippen LogP contribution in [-0.4, -0.2) is 53.3 Å². The van der Waals surface area contributed by atoms with Crippen LogP contribution in [0.3, 0.4) is 0 Å². The highest BCUT2D eigenvalue weighted by Crippen LogP contribution is 2.16. The Labute approximate surface area is 118 Å². The summed E-state index contributed by atoms with van der Waals surface area (Å²) in [6.45, 7) is 5.02. The van der Waals surface area contributed by atoms with Gasteiger partial charge in [-0.05, 0) is 25.2 Å². The Bertz CT molecular complexity index is 513. The lowest BCUT2D eigenvalue weighted by Gasteiger charge is -2.33. The molecular formula is C14H20N6. The van der Waals surface area contributed by atoms with Crippen LogP contribution in [0.4, 0.5) is 11.5 Å². The molecule has 6 heteroatoms. The zero-order chi connectivity index (χ0) is 13.8. The van der Waals surface area contributed by atoms with Crippen LogP contribution in [0.25, 0.3) is 0 Å². The van der Waals surface area contributed by atoms with Crippen molar-refractivity contribution in [3.63, 3.8) is 0 Å². The number of aromatic amines is 1. The van der Waals surface area contributed by atoms with Gasteiger partial charge < -0.3 is 15.1 Å². The smallest absolute Gasteiger partial charge is 0.128 e. The number of likely N-dealkylation sites (N-methyl/N-ethyl adjacent to an activating group) is 1. The van der Waals surface area contributed by atoms with Crippen molar-refractivity contribution >= 4 is 11.5 Å². The maximum absolute atomic E-state index is 4.55. The number of anilines is 2. The zero-order valence-electron chi connectivity index (χ0n) is 11.7. The fraction of sp³-hybridized carbons (Fsp3) is 0.429. The molecule has 1 aliphatic rings. The topological polar surface area (TPSA) is 60.1 Å². The van der Waals surface area contributed by atoms with Crippen LogP contribution in [0.15, 0.2) is 30.6 Å². The van der Waals surface area contributed by atoms with Gasteiger partial charge in [0.25, 0.3) is 0 Å². The van der Waals surface area contributed by atoms with Crippen LogP contribution < -0.4 is 10.2 Å². The van der Waals surface area contributed by atoms with Gasteiger partial charge in [0, 0.05) is 32.4 Å². The number of hydrogen-bond acceptors (Lipinski definition) is 5. The summed E-state index contributed by atoms with van der Waals surface area (Å²) >= 11 is 0. The van der Waals surface area contributed by atoms with Gasteiger partial charge in [0.2, 0.25) is 0 Å². The van der Waals surface area contributed by atoms with Gasteiger partial charge >= 0.3 is 0 Å². The SMILES string of the molecule is CN1CCN(c2ccc(NCc3ccn[nH]3)cn2)CC1. The summed E-state index contributed by atoms with van der Waals surface area (Å²) in [5, 5.41) is 10.2. The van der Waals surface area contributed by atoms with Gasteiger partial charge in [-0.15, -0.1) is 0 Å². The third-order valence-corrected chi connectivity index (χ3v) is 3.62. The standard InChI is InChI=1S/C14H20N6/c1-19-6-8-20(9-7-19)14-3-2-12(10-16-14)15-11-13-4-5-17-18-13/h2-5,10,15H,6-9,11H2,1H3,(H,17,18). The molecule has 0 unspecified atom stereocenters.